The molecule has 116 valence electrons. The SMILES string of the molecule is CCN(CC)c1ccc(/C=N\NC(=O)c2nonc2C)cc1. The van der Waals surface area contributed by atoms with E-state index in [-0.39, 0.29) is 5.69 Å². The van der Waals surface area contributed by atoms with Crippen molar-refractivity contribution >= 4 is 17.8 Å². The first-order valence-electron chi connectivity index (χ1n) is 7.13. The molecule has 1 amide bonds. The van der Waals surface area contributed by atoms with Gasteiger partial charge in [-0.05, 0) is 43.6 Å². The number of carbonyl (C=O) groups excluding carboxylic acids is 1. The lowest BCUT2D eigenvalue weighted by atomic mass is 10.2. The van der Waals surface area contributed by atoms with E-state index in [2.05, 4.69) is 44.2 Å². The number of carbonyl (C=O) groups is 1. The molecule has 2 aromatic rings. The van der Waals surface area contributed by atoms with E-state index in [1.165, 1.54) is 0 Å². The maximum Gasteiger partial charge on any atom is 0.295 e. The fourth-order valence-corrected chi connectivity index (χ4v) is 2.02. The summed E-state index contributed by atoms with van der Waals surface area (Å²) in [5.41, 5.74) is 5.01. The maximum absolute atomic E-state index is 11.7. The largest absolute Gasteiger partial charge is 0.372 e. The average Bonchev–Trinajstić information content (AvgIpc) is 2.96. The number of rotatable bonds is 6. The van der Waals surface area contributed by atoms with E-state index in [1.807, 2.05) is 24.3 Å². The molecule has 1 aromatic heterocycles. The Morgan fingerprint density at radius 1 is 1.27 bits per heavy atom. The van der Waals surface area contributed by atoms with Gasteiger partial charge >= 0.3 is 0 Å². The lowest BCUT2D eigenvalue weighted by Gasteiger charge is -2.20. The first-order chi connectivity index (χ1) is 10.7. The van der Waals surface area contributed by atoms with Gasteiger partial charge < -0.3 is 4.90 Å². The molecule has 0 aliphatic carbocycles. The molecule has 2 rings (SSSR count). The normalized spacial score (nSPS) is 10.9. The first-order valence-corrected chi connectivity index (χ1v) is 7.13. The van der Waals surface area contributed by atoms with E-state index in [1.54, 1.807) is 13.1 Å². The summed E-state index contributed by atoms with van der Waals surface area (Å²) in [6, 6.07) is 7.96. The highest BCUT2D eigenvalue weighted by Gasteiger charge is 2.13. The summed E-state index contributed by atoms with van der Waals surface area (Å²) >= 11 is 0. The Hall–Kier alpha value is -2.70. The predicted octanol–water partition coefficient (Wildman–Crippen LogP) is 1.99. The van der Waals surface area contributed by atoms with Gasteiger partial charge in [-0.15, -0.1) is 0 Å². The van der Waals surface area contributed by atoms with Gasteiger partial charge in [0.25, 0.3) is 5.91 Å². The minimum Gasteiger partial charge on any atom is -0.372 e. The maximum atomic E-state index is 11.7. The third kappa shape index (κ3) is 3.69. The lowest BCUT2D eigenvalue weighted by Crippen LogP contribution is -2.21. The summed E-state index contributed by atoms with van der Waals surface area (Å²) in [6.45, 7) is 7.81. The fraction of sp³-hybridized carbons (Fsp3) is 0.333. The van der Waals surface area contributed by atoms with Gasteiger partial charge in [-0.3, -0.25) is 4.79 Å². The molecule has 1 N–H and O–H groups in total. The van der Waals surface area contributed by atoms with Crippen LogP contribution in [0.1, 0.15) is 35.6 Å². The Bertz CT molecular complexity index is 644. The van der Waals surface area contributed by atoms with Crippen LogP contribution in [0.2, 0.25) is 0 Å². The number of benzene rings is 1. The quantitative estimate of drug-likeness (QED) is 0.651. The Balaban J connectivity index is 1.96. The van der Waals surface area contributed by atoms with E-state index < -0.39 is 5.91 Å². The number of hydrogen-bond acceptors (Lipinski definition) is 6. The molecule has 0 radical (unpaired) electrons. The fourth-order valence-electron chi connectivity index (χ4n) is 2.02. The predicted molar refractivity (Wildman–Crippen MR) is 84.1 cm³/mol. The third-order valence-corrected chi connectivity index (χ3v) is 3.27. The monoisotopic (exact) mass is 301 g/mol. The molecule has 0 aliphatic rings. The van der Waals surface area contributed by atoms with Crippen molar-refractivity contribution in [2.45, 2.75) is 20.8 Å². The molecule has 0 bridgehead atoms. The highest BCUT2D eigenvalue weighted by atomic mass is 16.6. The third-order valence-electron chi connectivity index (χ3n) is 3.27. The second-order valence-electron chi connectivity index (χ2n) is 4.66. The van der Waals surface area contributed by atoms with E-state index in [0.717, 1.165) is 24.3 Å². The molecule has 22 heavy (non-hydrogen) atoms. The number of hydrogen-bond donors (Lipinski definition) is 1. The summed E-state index contributed by atoms with van der Waals surface area (Å²) in [6.07, 6.45) is 1.58. The van der Waals surface area contributed by atoms with Crippen LogP contribution in [0.5, 0.6) is 0 Å². The highest BCUT2D eigenvalue weighted by molar-refractivity contribution is 5.93. The summed E-state index contributed by atoms with van der Waals surface area (Å²) in [7, 11) is 0. The molecule has 1 heterocycles. The minimum absolute atomic E-state index is 0.133. The molecular weight excluding hydrogens is 282 g/mol. The molecule has 0 unspecified atom stereocenters. The molecule has 7 heteroatoms. The summed E-state index contributed by atoms with van der Waals surface area (Å²) < 4.78 is 4.47. The number of nitrogens with zero attached hydrogens (tertiary/aromatic N) is 4. The van der Waals surface area contributed by atoms with Crippen LogP contribution in [0.3, 0.4) is 0 Å². The van der Waals surface area contributed by atoms with Crippen molar-refractivity contribution in [1.82, 2.24) is 15.7 Å². The molecule has 0 fully saturated rings. The summed E-state index contributed by atoms with van der Waals surface area (Å²) in [4.78, 5) is 14.0. The average molecular weight is 301 g/mol. The number of amides is 1. The minimum atomic E-state index is -0.449. The number of nitrogens with one attached hydrogen (secondary N) is 1. The van der Waals surface area contributed by atoms with E-state index >= 15 is 0 Å². The van der Waals surface area contributed by atoms with Gasteiger partial charge in [-0.1, -0.05) is 17.3 Å². The highest BCUT2D eigenvalue weighted by Crippen LogP contribution is 2.13. The number of aromatic nitrogens is 2. The van der Waals surface area contributed by atoms with Crippen molar-refractivity contribution in [1.29, 1.82) is 0 Å². The number of hydrazone groups is 1. The van der Waals surface area contributed by atoms with Crippen LogP contribution in [0, 0.1) is 6.92 Å². The van der Waals surface area contributed by atoms with Crippen LogP contribution >= 0.6 is 0 Å². The molecule has 0 saturated heterocycles. The zero-order valence-electron chi connectivity index (χ0n) is 12.9. The molecule has 7 nitrogen and oxygen atoms in total. The Labute approximate surface area is 129 Å². The van der Waals surface area contributed by atoms with Gasteiger partial charge in [0.2, 0.25) is 0 Å². The van der Waals surface area contributed by atoms with Crippen molar-refractivity contribution in [3.05, 3.63) is 41.2 Å². The molecule has 0 spiro atoms. The molecule has 0 atom stereocenters. The lowest BCUT2D eigenvalue weighted by molar-refractivity contribution is 0.0945. The van der Waals surface area contributed by atoms with Crippen molar-refractivity contribution in [3.63, 3.8) is 0 Å². The van der Waals surface area contributed by atoms with Crippen LogP contribution in [-0.2, 0) is 0 Å². The van der Waals surface area contributed by atoms with Crippen LogP contribution in [0.4, 0.5) is 5.69 Å². The molecular formula is C15H19N5O2. The second-order valence-corrected chi connectivity index (χ2v) is 4.66. The van der Waals surface area contributed by atoms with Gasteiger partial charge in [-0.25, -0.2) is 10.1 Å². The summed E-state index contributed by atoms with van der Waals surface area (Å²) in [5.74, 6) is -0.449. The van der Waals surface area contributed by atoms with Crippen LogP contribution in [0.25, 0.3) is 0 Å². The number of anilines is 1. The van der Waals surface area contributed by atoms with E-state index in [0.29, 0.717) is 5.69 Å². The molecule has 0 aliphatic heterocycles. The van der Waals surface area contributed by atoms with Crippen molar-refractivity contribution in [2.24, 2.45) is 5.10 Å². The van der Waals surface area contributed by atoms with Crippen LogP contribution in [0.15, 0.2) is 34.0 Å². The van der Waals surface area contributed by atoms with E-state index in [9.17, 15) is 4.79 Å². The van der Waals surface area contributed by atoms with Crippen molar-refractivity contribution in [2.75, 3.05) is 18.0 Å². The van der Waals surface area contributed by atoms with Gasteiger partial charge in [-0.2, -0.15) is 5.10 Å². The smallest absolute Gasteiger partial charge is 0.295 e. The van der Waals surface area contributed by atoms with Crippen molar-refractivity contribution in [3.8, 4) is 0 Å². The second kappa shape index (κ2) is 7.35. The van der Waals surface area contributed by atoms with Gasteiger partial charge in [0.05, 0.1) is 6.21 Å². The zero-order chi connectivity index (χ0) is 15.9. The standard InChI is InChI=1S/C15H19N5O2/c1-4-20(5-2)13-8-6-12(7-9-13)10-16-17-15(21)14-11(3)18-22-19-14/h6-10H,4-5H2,1-3H3,(H,17,21)/b16-10-. The molecule has 0 saturated carbocycles. The zero-order valence-corrected chi connectivity index (χ0v) is 12.9. The summed E-state index contributed by atoms with van der Waals surface area (Å²) in [5, 5.41) is 11.0. The van der Waals surface area contributed by atoms with Gasteiger partial charge in [0, 0.05) is 18.8 Å². The van der Waals surface area contributed by atoms with Gasteiger partial charge in [0.1, 0.15) is 5.69 Å². The number of aryl methyl sites for hydroxylation is 1. The Morgan fingerprint density at radius 3 is 2.50 bits per heavy atom. The van der Waals surface area contributed by atoms with Gasteiger partial charge in [0.15, 0.2) is 5.69 Å². The molecule has 1 aromatic carbocycles. The van der Waals surface area contributed by atoms with Crippen LogP contribution in [-0.4, -0.2) is 35.5 Å². The first kappa shape index (κ1) is 15.7. The Kier molecular flexibility index (Phi) is 5.24. The topological polar surface area (TPSA) is 83.6 Å². The van der Waals surface area contributed by atoms with Crippen molar-refractivity contribution < 1.29 is 9.42 Å². The van der Waals surface area contributed by atoms with Crippen LogP contribution < -0.4 is 10.3 Å². The Morgan fingerprint density at radius 2 is 1.95 bits per heavy atom. The van der Waals surface area contributed by atoms with E-state index in [4.69, 9.17) is 0 Å².